The van der Waals surface area contributed by atoms with Gasteiger partial charge in [0, 0.05) is 5.56 Å². The maximum atomic E-state index is 12.4. The molecule has 0 aliphatic heterocycles. The Labute approximate surface area is 164 Å². The number of hydrogen-bond donors (Lipinski definition) is 1. The number of nitrogens with one attached hydrogen (secondary N) is 1. The molecule has 0 atom stereocenters. The fourth-order valence-corrected chi connectivity index (χ4v) is 4.84. The van der Waals surface area contributed by atoms with Crippen LogP contribution >= 0.6 is 11.3 Å². The molecular weight excluding hydrogens is 404 g/mol. The molecule has 3 rings (SSSR count). The summed E-state index contributed by atoms with van der Waals surface area (Å²) < 4.78 is 24.8. The first-order chi connectivity index (χ1) is 13.3. The number of rotatable bonds is 6. The van der Waals surface area contributed by atoms with Crippen LogP contribution in [0, 0.1) is 17.0 Å². The molecule has 0 spiro atoms. The highest BCUT2D eigenvalue weighted by Gasteiger charge is 2.24. The standard InChI is InChI=1S/C17H14N4O5S2/c1-11-6-5-9-13(15(11)21(23)24)16(22)18-17-20-19-14(27-17)10-28(25,26)12-7-3-2-4-8-12/h2-9H,10H2,1H3,(H,18,20,22). The first kappa shape index (κ1) is 19.6. The minimum Gasteiger partial charge on any atom is -0.296 e. The van der Waals surface area contributed by atoms with E-state index >= 15 is 0 Å². The molecule has 0 aliphatic rings. The molecule has 144 valence electrons. The number of carbonyl (C=O) groups excluding carboxylic acids is 1. The van der Waals surface area contributed by atoms with Crippen molar-refractivity contribution in [2.75, 3.05) is 5.32 Å². The fraction of sp³-hybridized carbons (Fsp3) is 0.118. The lowest BCUT2D eigenvalue weighted by Crippen LogP contribution is -2.14. The molecule has 0 fully saturated rings. The third-order valence-electron chi connectivity index (χ3n) is 3.77. The molecule has 0 unspecified atom stereocenters. The maximum absolute atomic E-state index is 12.4. The molecule has 0 aliphatic carbocycles. The van der Waals surface area contributed by atoms with Crippen molar-refractivity contribution in [1.82, 2.24) is 10.2 Å². The topological polar surface area (TPSA) is 132 Å². The van der Waals surface area contributed by atoms with E-state index in [2.05, 4.69) is 15.5 Å². The van der Waals surface area contributed by atoms with E-state index < -0.39 is 20.7 Å². The van der Waals surface area contributed by atoms with Gasteiger partial charge in [0.05, 0.1) is 9.82 Å². The Hall–Kier alpha value is -3.18. The van der Waals surface area contributed by atoms with Gasteiger partial charge in [0.1, 0.15) is 16.3 Å². The molecule has 28 heavy (non-hydrogen) atoms. The maximum Gasteiger partial charge on any atom is 0.285 e. The van der Waals surface area contributed by atoms with Crippen LogP contribution in [0.25, 0.3) is 0 Å². The van der Waals surface area contributed by atoms with Crippen LogP contribution in [-0.2, 0) is 15.6 Å². The summed E-state index contributed by atoms with van der Waals surface area (Å²) in [5.41, 5.74) is -0.0559. The molecule has 9 nitrogen and oxygen atoms in total. The minimum atomic E-state index is -3.60. The molecule has 11 heteroatoms. The smallest absolute Gasteiger partial charge is 0.285 e. The first-order valence-corrected chi connectivity index (χ1v) is 10.4. The second-order valence-corrected chi connectivity index (χ2v) is 8.81. The zero-order valence-electron chi connectivity index (χ0n) is 14.5. The predicted molar refractivity (Wildman–Crippen MR) is 103 cm³/mol. The van der Waals surface area contributed by atoms with E-state index in [1.807, 2.05) is 0 Å². The van der Waals surface area contributed by atoms with Gasteiger partial charge in [0.25, 0.3) is 11.6 Å². The van der Waals surface area contributed by atoms with E-state index in [4.69, 9.17) is 0 Å². The van der Waals surface area contributed by atoms with E-state index in [0.29, 0.717) is 5.56 Å². The fourth-order valence-electron chi connectivity index (χ4n) is 2.49. The first-order valence-electron chi connectivity index (χ1n) is 7.93. The molecule has 1 amide bonds. The highest BCUT2D eigenvalue weighted by atomic mass is 32.2. The van der Waals surface area contributed by atoms with Gasteiger partial charge in [0.15, 0.2) is 9.84 Å². The molecule has 1 N–H and O–H groups in total. The zero-order chi connectivity index (χ0) is 20.3. The van der Waals surface area contributed by atoms with Gasteiger partial charge in [-0.05, 0) is 25.1 Å². The molecule has 0 saturated heterocycles. The van der Waals surface area contributed by atoms with Gasteiger partial charge in [-0.15, -0.1) is 10.2 Å². The average molecular weight is 418 g/mol. The number of nitrogens with zero attached hydrogens (tertiary/aromatic N) is 3. The molecule has 0 bridgehead atoms. The number of sulfone groups is 1. The molecule has 0 radical (unpaired) electrons. The number of para-hydroxylation sites is 1. The van der Waals surface area contributed by atoms with Crippen molar-refractivity contribution in [2.45, 2.75) is 17.6 Å². The lowest BCUT2D eigenvalue weighted by molar-refractivity contribution is -0.385. The van der Waals surface area contributed by atoms with E-state index in [1.165, 1.54) is 37.3 Å². The van der Waals surface area contributed by atoms with Crippen molar-refractivity contribution in [3.63, 3.8) is 0 Å². The molecule has 0 saturated carbocycles. The van der Waals surface area contributed by atoms with Crippen LogP contribution in [0.1, 0.15) is 20.9 Å². The lowest BCUT2D eigenvalue weighted by atomic mass is 10.1. The predicted octanol–water partition coefficient (Wildman–Crippen LogP) is 2.98. The van der Waals surface area contributed by atoms with Crippen molar-refractivity contribution in [3.05, 3.63) is 74.8 Å². The summed E-state index contributed by atoms with van der Waals surface area (Å²) in [6.07, 6.45) is 0. The summed E-state index contributed by atoms with van der Waals surface area (Å²) in [6.45, 7) is 1.53. The van der Waals surface area contributed by atoms with Crippen LogP contribution in [0.15, 0.2) is 53.4 Å². The lowest BCUT2D eigenvalue weighted by Gasteiger charge is -2.04. The number of amides is 1. The SMILES string of the molecule is Cc1cccc(C(=O)Nc2nnc(CS(=O)(=O)c3ccccc3)s2)c1[N+](=O)[O-]. The van der Waals surface area contributed by atoms with Crippen LogP contribution in [-0.4, -0.2) is 29.4 Å². The summed E-state index contributed by atoms with van der Waals surface area (Å²) in [4.78, 5) is 23.2. The van der Waals surface area contributed by atoms with E-state index in [9.17, 15) is 23.3 Å². The Bertz CT molecular complexity index is 1140. The van der Waals surface area contributed by atoms with E-state index in [-0.39, 0.29) is 32.0 Å². The molecule has 1 heterocycles. The third kappa shape index (κ3) is 4.21. The van der Waals surface area contributed by atoms with Crippen molar-refractivity contribution in [2.24, 2.45) is 0 Å². The Morgan fingerprint density at radius 3 is 2.54 bits per heavy atom. The van der Waals surface area contributed by atoms with Gasteiger partial charge in [-0.3, -0.25) is 20.2 Å². The summed E-state index contributed by atoms with van der Waals surface area (Å²) >= 11 is 0.893. The van der Waals surface area contributed by atoms with Gasteiger partial charge in [0.2, 0.25) is 5.13 Å². The van der Waals surface area contributed by atoms with E-state index in [0.717, 1.165) is 11.3 Å². The Balaban J connectivity index is 1.78. The van der Waals surface area contributed by atoms with Crippen molar-refractivity contribution >= 4 is 37.9 Å². The van der Waals surface area contributed by atoms with E-state index in [1.54, 1.807) is 18.2 Å². The van der Waals surface area contributed by atoms with Crippen molar-refractivity contribution in [1.29, 1.82) is 0 Å². The molecule has 3 aromatic rings. The highest BCUT2D eigenvalue weighted by Crippen LogP contribution is 2.26. The Kier molecular flexibility index (Phi) is 5.47. The van der Waals surface area contributed by atoms with Crippen LogP contribution in [0.2, 0.25) is 0 Å². The number of hydrogen-bond acceptors (Lipinski definition) is 8. The highest BCUT2D eigenvalue weighted by molar-refractivity contribution is 7.90. The van der Waals surface area contributed by atoms with Crippen molar-refractivity contribution < 1.29 is 18.1 Å². The van der Waals surface area contributed by atoms with Crippen LogP contribution in [0.3, 0.4) is 0 Å². The number of carbonyl (C=O) groups is 1. The van der Waals surface area contributed by atoms with Crippen LogP contribution < -0.4 is 5.32 Å². The normalized spacial score (nSPS) is 11.2. The van der Waals surface area contributed by atoms with Crippen LogP contribution in [0.5, 0.6) is 0 Å². The molecule has 2 aromatic carbocycles. The number of aryl methyl sites for hydroxylation is 1. The minimum absolute atomic E-state index is 0.0547. The Morgan fingerprint density at radius 2 is 1.86 bits per heavy atom. The largest absolute Gasteiger partial charge is 0.296 e. The monoisotopic (exact) mass is 418 g/mol. The second kappa shape index (κ2) is 7.82. The summed E-state index contributed by atoms with van der Waals surface area (Å²) in [5, 5.41) is 21.5. The van der Waals surface area contributed by atoms with Gasteiger partial charge in [-0.2, -0.15) is 0 Å². The number of nitro groups is 1. The molecular formula is C17H14N4O5S2. The number of aromatic nitrogens is 2. The summed E-state index contributed by atoms with van der Waals surface area (Å²) in [6, 6.07) is 12.3. The Morgan fingerprint density at radius 1 is 1.14 bits per heavy atom. The van der Waals surface area contributed by atoms with Crippen LogP contribution in [0.4, 0.5) is 10.8 Å². The average Bonchev–Trinajstić information content (AvgIpc) is 3.08. The number of benzene rings is 2. The quantitative estimate of drug-likeness (QED) is 0.481. The zero-order valence-corrected chi connectivity index (χ0v) is 16.2. The van der Waals surface area contributed by atoms with Gasteiger partial charge < -0.3 is 0 Å². The van der Waals surface area contributed by atoms with Crippen molar-refractivity contribution in [3.8, 4) is 0 Å². The van der Waals surface area contributed by atoms with Gasteiger partial charge in [-0.25, -0.2) is 8.42 Å². The summed E-state index contributed by atoms with van der Waals surface area (Å²) in [7, 11) is -3.60. The second-order valence-electron chi connectivity index (χ2n) is 5.76. The number of nitro benzene ring substituents is 1. The van der Waals surface area contributed by atoms with Gasteiger partial charge >= 0.3 is 0 Å². The van der Waals surface area contributed by atoms with Gasteiger partial charge in [-0.1, -0.05) is 41.7 Å². The molecule has 1 aromatic heterocycles. The number of anilines is 1. The third-order valence-corrected chi connectivity index (χ3v) is 6.43. The summed E-state index contributed by atoms with van der Waals surface area (Å²) in [5.74, 6) is -1.08.